The molecule has 2 saturated carbocycles. The monoisotopic (exact) mass is 292 g/mol. The van der Waals surface area contributed by atoms with Gasteiger partial charge in [-0.2, -0.15) is 0 Å². The van der Waals surface area contributed by atoms with Crippen molar-refractivity contribution in [2.45, 2.75) is 102 Å². The van der Waals surface area contributed by atoms with E-state index in [1.54, 1.807) is 0 Å². The molecule has 0 aromatic rings. The van der Waals surface area contributed by atoms with Crippen molar-refractivity contribution in [2.75, 3.05) is 6.54 Å². The third kappa shape index (κ3) is 4.22. The molecule has 1 aliphatic heterocycles. The summed E-state index contributed by atoms with van der Waals surface area (Å²) in [6.07, 6.45) is 17.4. The molecule has 0 spiro atoms. The second kappa shape index (κ2) is 7.97. The van der Waals surface area contributed by atoms with Crippen molar-refractivity contribution < 1.29 is 0 Å². The zero-order chi connectivity index (χ0) is 14.5. The summed E-state index contributed by atoms with van der Waals surface area (Å²) in [6.45, 7) is 3.73. The molecule has 1 heterocycles. The quantitative estimate of drug-likeness (QED) is 0.757. The lowest BCUT2D eigenvalue weighted by Crippen LogP contribution is -2.50. The summed E-state index contributed by atoms with van der Waals surface area (Å²) in [4.78, 5) is 0. The van der Waals surface area contributed by atoms with Crippen LogP contribution in [0.3, 0.4) is 0 Å². The third-order valence-electron chi connectivity index (χ3n) is 6.52. The van der Waals surface area contributed by atoms with E-state index >= 15 is 0 Å². The first-order valence-corrected chi connectivity index (χ1v) is 9.84. The summed E-state index contributed by atoms with van der Waals surface area (Å²) in [5, 5.41) is 7.90. The predicted molar refractivity (Wildman–Crippen MR) is 90.6 cm³/mol. The average Bonchev–Trinajstić information content (AvgIpc) is 2.81. The van der Waals surface area contributed by atoms with Crippen LogP contribution < -0.4 is 10.6 Å². The minimum absolute atomic E-state index is 0.734. The lowest BCUT2D eigenvalue weighted by Gasteiger charge is -2.36. The van der Waals surface area contributed by atoms with Gasteiger partial charge in [0.15, 0.2) is 0 Å². The van der Waals surface area contributed by atoms with Crippen molar-refractivity contribution >= 4 is 0 Å². The van der Waals surface area contributed by atoms with E-state index in [-0.39, 0.29) is 0 Å². The predicted octanol–water partition coefficient (Wildman–Crippen LogP) is 4.25. The number of rotatable bonds is 4. The van der Waals surface area contributed by atoms with E-state index in [0.717, 1.165) is 30.0 Å². The summed E-state index contributed by atoms with van der Waals surface area (Å²) in [6, 6.07) is 2.33. The number of piperidine rings is 1. The molecule has 0 aromatic heterocycles. The highest BCUT2D eigenvalue weighted by Crippen LogP contribution is 2.33. The molecular weight excluding hydrogens is 256 g/mol. The third-order valence-corrected chi connectivity index (χ3v) is 6.52. The van der Waals surface area contributed by atoms with Crippen LogP contribution in [0, 0.1) is 11.8 Å². The van der Waals surface area contributed by atoms with Crippen LogP contribution in [0.2, 0.25) is 0 Å². The van der Waals surface area contributed by atoms with Gasteiger partial charge < -0.3 is 10.6 Å². The highest BCUT2D eigenvalue weighted by molar-refractivity contribution is 4.94. The van der Waals surface area contributed by atoms with Crippen molar-refractivity contribution in [3.63, 3.8) is 0 Å². The van der Waals surface area contributed by atoms with Crippen LogP contribution in [0.5, 0.6) is 0 Å². The molecule has 3 fully saturated rings. The van der Waals surface area contributed by atoms with Gasteiger partial charge in [0.25, 0.3) is 0 Å². The van der Waals surface area contributed by atoms with E-state index in [0.29, 0.717) is 0 Å². The average molecular weight is 293 g/mol. The lowest BCUT2D eigenvalue weighted by atomic mass is 9.86. The Morgan fingerprint density at radius 1 is 0.810 bits per heavy atom. The molecule has 2 aliphatic carbocycles. The van der Waals surface area contributed by atoms with E-state index in [4.69, 9.17) is 0 Å². The van der Waals surface area contributed by atoms with Crippen molar-refractivity contribution in [1.29, 1.82) is 0 Å². The Bertz CT molecular complexity index is 290. The highest BCUT2D eigenvalue weighted by atomic mass is 15.0. The van der Waals surface area contributed by atoms with Crippen molar-refractivity contribution in [1.82, 2.24) is 10.6 Å². The fourth-order valence-corrected chi connectivity index (χ4v) is 5.21. The molecule has 2 nitrogen and oxygen atoms in total. The van der Waals surface area contributed by atoms with Crippen LogP contribution in [0.15, 0.2) is 0 Å². The number of hydrogen-bond acceptors (Lipinski definition) is 2. The largest absolute Gasteiger partial charge is 0.314 e. The molecule has 0 bridgehead atoms. The summed E-state index contributed by atoms with van der Waals surface area (Å²) in [7, 11) is 0. The van der Waals surface area contributed by atoms with Crippen molar-refractivity contribution in [3.8, 4) is 0 Å². The van der Waals surface area contributed by atoms with Gasteiger partial charge in [0.1, 0.15) is 0 Å². The van der Waals surface area contributed by atoms with Gasteiger partial charge in [-0.05, 0) is 63.8 Å². The highest BCUT2D eigenvalue weighted by Gasteiger charge is 2.35. The van der Waals surface area contributed by atoms with Crippen LogP contribution in [0.4, 0.5) is 0 Å². The smallest absolute Gasteiger partial charge is 0.0113 e. The Balaban J connectivity index is 1.52. The Labute approximate surface area is 131 Å². The number of hydrogen-bond donors (Lipinski definition) is 2. The fourth-order valence-electron chi connectivity index (χ4n) is 5.21. The lowest BCUT2D eigenvalue weighted by molar-refractivity contribution is 0.225. The molecule has 3 unspecified atom stereocenters. The van der Waals surface area contributed by atoms with Gasteiger partial charge in [0.2, 0.25) is 0 Å². The standard InChI is InChI=1S/C19H36N2/c1-15(16-9-4-2-3-5-10-16)21-19-13-8-11-17(19)18-12-6-7-14-20-18/h15-21H,2-14H2,1H3/t15-,17?,18?,19?/m0/s1. The molecule has 3 aliphatic rings. The Hall–Kier alpha value is -0.0800. The van der Waals surface area contributed by atoms with Gasteiger partial charge in [0.05, 0.1) is 0 Å². The molecule has 2 heteroatoms. The van der Waals surface area contributed by atoms with Crippen LogP contribution in [-0.4, -0.2) is 24.7 Å². The zero-order valence-electron chi connectivity index (χ0n) is 14.1. The molecule has 0 amide bonds. The number of nitrogens with one attached hydrogen (secondary N) is 2. The zero-order valence-corrected chi connectivity index (χ0v) is 14.1. The molecule has 4 atom stereocenters. The van der Waals surface area contributed by atoms with Crippen LogP contribution >= 0.6 is 0 Å². The SMILES string of the molecule is C[C@H](NC1CCCC1C1CCCCN1)C1CCCCCC1. The van der Waals surface area contributed by atoms with E-state index in [1.807, 2.05) is 0 Å². The molecule has 2 N–H and O–H groups in total. The first kappa shape index (κ1) is 15.8. The summed E-state index contributed by atoms with van der Waals surface area (Å²) in [5.41, 5.74) is 0. The van der Waals surface area contributed by atoms with Gasteiger partial charge >= 0.3 is 0 Å². The molecule has 0 aromatic carbocycles. The van der Waals surface area contributed by atoms with Gasteiger partial charge in [-0.15, -0.1) is 0 Å². The molecular formula is C19H36N2. The first-order chi connectivity index (χ1) is 10.3. The fraction of sp³-hybridized carbons (Fsp3) is 1.00. The van der Waals surface area contributed by atoms with Gasteiger partial charge in [-0.25, -0.2) is 0 Å². The van der Waals surface area contributed by atoms with E-state index in [1.165, 1.54) is 83.6 Å². The van der Waals surface area contributed by atoms with E-state index in [9.17, 15) is 0 Å². The van der Waals surface area contributed by atoms with Crippen LogP contribution in [0.1, 0.15) is 84.0 Å². The Morgan fingerprint density at radius 3 is 2.29 bits per heavy atom. The van der Waals surface area contributed by atoms with Gasteiger partial charge in [0, 0.05) is 18.1 Å². The summed E-state index contributed by atoms with van der Waals surface area (Å²) >= 11 is 0. The van der Waals surface area contributed by atoms with E-state index in [2.05, 4.69) is 17.6 Å². The van der Waals surface area contributed by atoms with Gasteiger partial charge in [-0.1, -0.05) is 38.5 Å². The normalized spacial score (nSPS) is 37.3. The second-order valence-corrected chi connectivity index (χ2v) is 7.96. The molecule has 1 saturated heterocycles. The summed E-state index contributed by atoms with van der Waals surface area (Å²) in [5.74, 6) is 1.84. The molecule has 0 radical (unpaired) electrons. The topological polar surface area (TPSA) is 24.1 Å². The van der Waals surface area contributed by atoms with Gasteiger partial charge in [-0.3, -0.25) is 0 Å². The minimum atomic E-state index is 0.734. The minimum Gasteiger partial charge on any atom is -0.314 e. The Morgan fingerprint density at radius 2 is 1.57 bits per heavy atom. The molecule has 21 heavy (non-hydrogen) atoms. The maximum absolute atomic E-state index is 4.08. The first-order valence-electron chi connectivity index (χ1n) is 9.84. The molecule has 122 valence electrons. The maximum atomic E-state index is 4.08. The Kier molecular flexibility index (Phi) is 5.99. The molecule has 3 rings (SSSR count). The van der Waals surface area contributed by atoms with Crippen LogP contribution in [-0.2, 0) is 0 Å². The second-order valence-electron chi connectivity index (χ2n) is 7.96. The van der Waals surface area contributed by atoms with Crippen molar-refractivity contribution in [2.24, 2.45) is 11.8 Å². The van der Waals surface area contributed by atoms with Crippen LogP contribution in [0.25, 0.3) is 0 Å². The van der Waals surface area contributed by atoms with Crippen molar-refractivity contribution in [3.05, 3.63) is 0 Å². The van der Waals surface area contributed by atoms with E-state index < -0.39 is 0 Å². The maximum Gasteiger partial charge on any atom is 0.0113 e. The summed E-state index contributed by atoms with van der Waals surface area (Å²) < 4.78 is 0.